The van der Waals surface area contributed by atoms with E-state index in [2.05, 4.69) is 13.2 Å². The minimum Gasteiger partial charge on any atom is -0.461 e. The van der Waals surface area contributed by atoms with Crippen molar-refractivity contribution in [2.75, 3.05) is 43.2 Å². The molecule has 0 spiro atoms. The highest BCUT2D eigenvalue weighted by molar-refractivity contribution is 5.81. The van der Waals surface area contributed by atoms with Crippen LogP contribution in [0.25, 0.3) is 0 Å². The van der Waals surface area contributed by atoms with E-state index in [0.29, 0.717) is 13.1 Å². The quantitative estimate of drug-likeness (QED) is 0.214. The molecule has 0 radical (unpaired) electrons. The summed E-state index contributed by atoms with van der Waals surface area (Å²) in [6, 6.07) is 13.8. The van der Waals surface area contributed by atoms with Gasteiger partial charge >= 0.3 is 11.9 Å². The maximum absolute atomic E-state index is 11.3. The first kappa shape index (κ1) is 24.1. The Morgan fingerprint density at radius 3 is 1.69 bits per heavy atom. The van der Waals surface area contributed by atoms with E-state index < -0.39 is 16.9 Å². The molecule has 0 aliphatic rings. The van der Waals surface area contributed by atoms with Crippen molar-refractivity contribution in [1.82, 2.24) is 0 Å². The molecule has 2 aromatic carbocycles. The van der Waals surface area contributed by atoms with Crippen LogP contribution in [0, 0.1) is 10.1 Å². The average molecular weight is 439 g/mol. The molecule has 2 aromatic rings. The van der Waals surface area contributed by atoms with Gasteiger partial charge in [0, 0.05) is 48.4 Å². The van der Waals surface area contributed by atoms with E-state index in [1.165, 1.54) is 12.1 Å². The second-order valence-corrected chi connectivity index (χ2v) is 6.58. The van der Waals surface area contributed by atoms with Crippen LogP contribution in [-0.4, -0.2) is 50.2 Å². The van der Waals surface area contributed by atoms with Crippen molar-refractivity contribution in [3.63, 3.8) is 0 Å². The monoisotopic (exact) mass is 439 g/mol. The number of esters is 2. The molecule has 0 aromatic heterocycles. The number of benzene rings is 2. The lowest BCUT2D eigenvalue weighted by atomic mass is 10.2. The Kier molecular flexibility index (Phi) is 8.97. The minimum atomic E-state index is -0.511. The van der Waals surface area contributed by atoms with Gasteiger partial charge in [0.2, 0.25) is 0 Å². The molecule has 32 heavy (non-hydrogen) atoms. The maximum atomic E-state index is 11.3. The van der Waals surface area contributed by atoms with E-state index in [1.54, 1.807) is 12.1 Å². The lowest BCUT2D eigenvalue weighted by molar-refractivity contribution is -0.384. The summed E-state index contributed by atoms with van der Waals surface area (Å²) >= 11 is 0. The second kappa shape index (κ2) is 11.9. The van der Waals surface area contributed by atoms with Gasteiger partial charge in [-0.15, -0.1) is 0 Å². The first-order chi connectivity index (χ1) is 15.3. The molecular weight excluding hydrogens is 414 g/mol. The molecule has 0 bridgehead atoms. The Bertz CT molecular complexity index is 931. The molecule has 168 valence electrons. The zero-order valence-electron chi connectivity index (χ0n) is 17.8. The zero-order chi connectivity index (χ0) is 23.5. The van der Waals surface area contributed by atoms with Crippen LogP contribution in [0.15, 0.2) is 73.8 Å². The van der Waals surface area contributed by atoms with E-state index in [4.69, 9.17) is 9.47 Å². The number of non-ortho nitro benzene ring substituents is 1. The molecule has 0 aliphatic heterocycles. The Hall–Kier alpha value is -4.14. The number of hydrogen-bond acceptors (Lipinski definition) is 8. The van der Waals surface area contributed by atoms with Crippen LogP contribution in [0.4, 0.5) is 22.7 Å². The largest absolute Gasteiger partial charge is 0.461 e. The summed E-state index contributed by atoms with van der Waals surface area (Å²) in [5.74, 6) is -1.02. The number of carbonyl (C=O) groups excluding carboxylic acids is 2. The van der Waals surface area contributed by atoms with Gasteiger partial charge in [-0.05, 0) is 36.4 Å². The summed E-state index contributed by atoms with van der Waals surface area (Å²) in [6.45, 7) is 7.80. The van der Waals surface area contributed by atoms with Gasteiger partial charge in [-0.3, -0.25) is 10.1 Å². The Morgan fingerprint density at radius 1 is 0.875 bits per heavy atom. The highest BCUT2D eigenvalue weighted by atomic mass is 16.6. The number of hydrogen-bond donors (Lipinski definition) is 0. The lowest BCUT2D eigenvalue weighted by Gasteiger charge is -2.26. The predicted octanol–water partition coefficient (Wildman–Crippen LogP) is 3.63. The SMILES string of the molecule is C=CC(=O)OCCN(CCOC(=O)C=C)c1ccc(N(C)c2ccc([N+](=O)[O-])cc2)cc1. The van der Waals surface area contributed by atoms with Crippen LogP contribution in [-0.2, 0) is 19.1 Å². The lowest BCUT2D eigenvalue weighted by Crippen LogP contribution is -2.32. The summed E-state index contributed by atoms with van der Waals surface area (Å²) in [6.07, 6.45) is 2.19. The summed E-state index contributed by atoms with van der Waals surface area (Å²) in [4.78, 5) is 36.8. The van der Waals surface area contributed by atoms with E-state index in [-0.39, 0.29) is 18.9 Å². The van der Waals surface area contributed by atoms with E-state index in [1.807, 2.05) is 41.1 Å². The van der Waals surface area contributed by atoms with Crippen LogP contribution in [0.5, 0.6) is 0 Å². The van der Waals surface area contributed by atoms with Crippen molar-refractivity contribution in [3.05, 3.63) is 84.0 Å². The van der Waals surface area contributed by atoms with Gasteiger partial charge in [0.15, 0.2) is 0 Å². The third kappa shape index (κ3) is 6.98. The molecule has 0 aliphatic carbocycles. The number of nitro benzene ring substituents is 1. The van der Waals surface area contributed by atoms with Crippen LogP contribution < -0.4 is 9.80 Å². The van der Waals surface area contributed by atoms with Crippen molar-refractivity contribution in [2.45, 2.75) is 0 Å². The van der Waals surface area contributed by atoms with Crippen molar-refractivity contribution in [1.29, 1.82) is 0 Å². The summed E-state index contributed by atoms with van der Waals surface area (Å²) in [5, 5.41) is 10.8. The molecule has 0 unspecified atom stereocenters. The number of carbonyl (C=O) groups is 2. The Labute approximate surface area is 186 Å². The number of nitro groups is 1. The van der Waals surface area contributed by atoms with Gasteiger partial charge in [0.1, 0.15) is 13.2 Å². The molecular formula is C23H25N3O6. The number of ether oxygens (including phenoxy) is 2. The summed E-state index contributed by atoms with van der Waals surface area (Å²) in [5.41, 5.74) is 2.55. The fourth-order valence-electron chi connectivity index (χ4n) is 2.83. The van der Waals surface area contributed by atoms with Crippen LogP contribution in [0.3, 0.4) is 0 Å². The molecule has 2 rings (SSSR count). The zero-order valence-corrected chi connectivity index (χ0v) is 17.8. The van der Waals surface area contributed by atoms with Crippen molar-refractivity contribution >= 4 is 34.7 Å². The number of rotatable bonds is 12. The van der Waals surface area contributed by atoms with Gasteiger partial charge in [-0.25, -0.2) is 9.59 Å². The van der Waals surface area contributed by atoms with Crippen molar-refractivity contribution in [2.24, 2.45) is 0 Å². The predicted molar refractivity (Wildman–Crippen MR) is 122 cm³/mol. The molecule has 0 heterocycles. The van der Waals surface area contributed by atoms with Crippen LogP contribution in [0.1, 0.15) is 0 Å². The molecule has 0 saturated heterocycles. The third-order valence-corrected chi connectivity index (χ3v) is 4.59. The fourth-order valence-corrected chi connectivity index (χ4v) is 2.83. The summed E-state index contributed by atoms with van der Waals surface area (Å²) in [7, 11) is 1.86. The molecule has 0 atom stereocenters. The van der Waals surface area contributed by atoms with Gasteiger partial charge in [0.25, 0.3) is 5.69 Å². The first-order valence-corrected chi connectivity index (χ1v) is 9.77. The normalized spacial score (nSPS) is 10.0. The highest BCUT2D eigenvalue weighted by Crippen LogP contribution is 2.27. The average Bonchev–Trinajstić information content (AvgIpc) is 2.82. The van der Waals surface area contributed by atoms with E-state index >= 15 is 0 Å². The fraction of sp³-hybridized carbons (Fsp3) is 0.217. The second-order valence-electron chi connectivity index (χ2n) is 6.58. The number of anilines is 3. The standard InChI is InChI=1S/C23H25N3O6/c1-4-22(27)31-16-14-25(15-17-32-23(28)5-2)20-10-6-18(7-11-20)24(3)19-8-12-21(13-9-19)26(29)30/h4-13H,1-2,14-17H2,3H3. The van der Waals surface area contributed by atoms with Crippen molar-refractivity contribution < 1.29 is 24.0 Å². The van der Waals surface area contributed by atoms with Crippen LogP contribution in [0.2, 0.25) is 0 Å². The minimum absolute atomic E-state index is 0.0300. The van der Waals surface area contributed by atoms with Gasteiger partial charge < -0.3 is 19.3 Å². The third-order valence-electron chi connectivity index (χ3n) is 4.59. The number of nitrogens with zero attached hydrogens (tertiary/aromatic N) is 3. The topological polar surface area (TPSA) is 102 Å². The Morgan fingerprint density at radius 2 is 1.28 bits per heavy atom. The summed E-state index contributed by atoms with van der Waals surface area (Å²) < 4.78 is 10.1. The molecule has 0 saturated carbocycles. The first-order valence-electron chi connectivity index (χ1n) is 9.77. The van der Waals surface area contributed by atoms with Gasteiger partial charge in [0.05, 0.1) is 18.0 Å². The van der Waals surface area contributed by atoms with Crippen LogP contribution >= 0.6 is 0 Å². The van der Waals surface area contributed by atoms with E-state index in [9.17, 15) is 19.7 Å². The molecule has 0 N–H and O–H groups in total. The highest BCUT2D eigenvalue weighted by Gasteiger charge is 2.12. The Balaban J connectivity index is 2.10. The van der Waals surface area contributed by atoms with E-state index in [0.717, 1.165) is 29.2 Å². The molecule has 9 heteroatoms. The molecule has 9 nitrogen and oxygen atoms in total. The van der Waals surface area contributed by atoms with Gasteiger partial charge in [-0.2, -0.15) is 0 Å². The van der Waals surface area contributed by atoms with Gasteiger partial charge in [-0.1, -0.05) is 13.2 Å². The maximum Gasteiger partial charge on any atom is 0.330 e. The smallest absolute Gasteiger partial charge is 0.330 e. The molecule has 0 fully saturated rings. The van der Waals surface area contributed by atoms with Crippen molar-refractivity contribution in [3.8, 4) is 0 Å². The molecule has 0 amide bonds.